The van der Waals surface area contributed by atoms with Crippen LogP contribution in [0.3, 0.4) is 0 Å². The molecule has 6 nitrogen and oxygen atoms in total. The van der Waals surface area contributed by atoms with Crippen molar-refractivity contribution >= 4 is 21.7 Å². The second-order valence-corrected chi connectivity index (χ2v) is 8.20. The van der Waals surface area contributed by atoms with Gasteiger partial charge in [-0.1, -0.05) is 61.9 Å². The monoisotopic (exact) mass is 413 g/mol. The highest BCUT2D eigenvalue weighted by Crippen LogP contribution is 2.35. The van der Waals surface area contributed by atoms with Crippen LogP contribution in [0.4, 0.5) is 0 Å². The topological polar surface area (TPSA) is 82.0 Å². The van der Waals surface area contributed by atoms with Crippen molar-refractivity contribution in [3.8, 4) is 0 Å². The van der Waals surface area contributed by atoms with Gasteiger partial charge >= 0.3 is 5.97 Å². The maximum atomic E-state index is 12.9. The largest absolute Gasteiger partial charge is 0.483 e. The van der Waals surface area contributed by atoms with Gasteiger partial charge in [-0.2, -0.15) is 12.8 Å². The van der Waals surface area contributed by atoms with Crippen molar-refractivity contribution in [3.63, 3.8) is 0 Å². The summed E-state index contributed by atoms with van der Waals surface area (Å²) in [5.41, 5.74) is 0.804. The van der Waals surface area contributed by atoms with Gasteiger partial charge in [-0.25, -0.2) is 4.79 Å². The highest BCUT2D eigenvalue weighted by Gasteiger charge is 2.38. The molecule has 1 aliphatic rings. The maximum Gasteiger partial charge on any atom is 0.343 e. The predicted molar refractivity (Wildman–Crippen MR) is 110 cm³/mol. The molecule has 0 amide bonds. The molecule has 0 spiro atoms. The van der Waals surface area contributed by atoms with Crippen molar-refractivity contribution in [2.45, 2.75) is 37.7 Å². The Labute approximate surface area is 170 Å². The summed E-state index contributed by atoms with van der Waals surface area (Å²) in [6, 6.07) is 17.0. The number of benzene rings is 2. The van der Waals surface area contributed by atoms with E-state index in [-0.39, 0.29) is 22.8 Å². The third-order valence-electron chi connectivity index (χ3n) is 4.45. The average Bonchev–Trinajstić information content (AvgIpc) is 3.04. The summed E-state index contributed by atoms with van der Waals surface area (Å²) < 4.78 is 41.0. The molecule has 3 rings (SSSR count). The smallest absolute Gasteiger partial charge is 0.343 e. The van der Waals surface area contributed by atoms with Crippen LogP contribution >= 0.6 is 0 Å². The fourth-order valence-electron chi connectivity index (χ4n) is 2.95. The van der Waals surface area contributed by atoms with Crippen molar-refractivity contribution in [1.82, 2.24) is 0 Å². The molecule has 0 saturated heterocycles. The van der Waals surface area contributed by atoms with E-state index in [0.29, 0.717) is 11.3 Å². The summed E-state index contributed by atoms with van der Waals surface area (Å²) in [6.07, 6.45) is 0.788. The number of allylic oxidation sites excluding steroid dienone is 1. The average molecular weight is 413 g/mol. The van der Waals surface area contributed by atoms with Crippen molar-refractivity contribution in [2.24, 2.45) is 4.40 Å². The first-order valence-electron chi connectivity index (χ1n) is 9.44. The van der Waals surface area contributed by atoms with Crippen LogP contribution in [0.5, 0.6) is 0 Å². The lowest BCUT2D eigenvalue weighted by Crippen LogP contribution is -2.20. The molecule has 1 unspecified atom stereocenters. The van der Waals surface area contributed by atoms with Crippen LogP contribution < -0.4 is 0 Å². The van der Waals surface area contributed by atoms with Gasteiger partial charge in [-0.15, -0.1) is 0 Å². The molecule has 0 bridgehead atoms. The minimum Gasteiger partial charge on any atom is -0.483 e. The van der Waals surface area contributed by atoms with Crippen LogP contribution in [0, 0.1) is 0 Å². The molecule has 0 radical (unpaired) electrons. The molecule has 0 N–H and O–H groups in total. The number of ether oxygens (including phenoxy) is 2. The summed E-state index contributed by atoms with van der Waals surface area (Å²) in [6.45, 7) is 3.85. The Bertz CT molecular complexity index is 1030. The number of carbonyl (C=O) groups is 1. The van der Waals surface area contributed by atoms with Gasteiger partial charge in [0.15, 0.2) is 6.10 Å². The van der Waals surface area contributed by atoms with Crippen LogP contribution in [-0.4, -0.2) is 26.7 Å². The number of rotatable bonds is 7. The highest BCUT2D eigenvalue weighted by atomic mass is 32.2. The molecule has 1 heterocycles. The molecule has 0 saturated carbocycles. The van der Waals surface area contributed by atoms with Crippen molar-refractivity contribution in [2.75, 3.05) is 6.61 Å². The molecule has 152 valence electrons. The van der Waals surface area contributed by atoms with E-state index in [1.165, 1.54) is 12.1 Å². The predicted octanol–water partition coefficient (Wildman–Crippen LogP) is 4.21. The molecule has 1 atom stereocenters. The van der Waals surface area contributed by atoms with Crippen LogP contribution in [0.1, 0.15) is 38.4 Å². The summed E-state index contributed by atoms with van der Waals surface area (Å²) in [5.74, 6) is -0.334. The summed E-state index contributed by atoms with van der Waals surface area (Å²) in [5, 5.41) is 0. The summed E-state index contributed by atoms with van der Waals surface area (Å²) in [7, 11) is -4.03. The second kappa shape index (κ2) is 9.05. The summed E-state index contributed by atoms with van der Waals surface area (Å²) >= 11 is 0. The zero-order chi connectivity index (χ0) is 20.9. The normalized spacial score (nSPS) is 18.0. The first-order valence-corrected chi connectivity index (χ1v) is 10.9. The number of sulfonamides is 1. The van der Waals surface area contributed by atoms with Crippen LogP contribution in [0.2, 0.25) is 0 Å². The molecule has 0 fully saturated rings. The van der Waals surface area contributed by atoms with E-state index in [1.54, 1.807) is 37.3 Å². The third-order valence-corrected chi connectivity index (χ3v) is 5.75. The molecule has 0 aromatic heterocycles. The van der Waals surface area contributed by atoms with Gasteiger partial charge in [0, 0.05) is 0 Å². The molecule has 7 heteroatoms. The highest BCUT2D eigenvalue weighted by molar-refractivity contribution is 7.90. The van der Waals surface area contributed by atoms with Crippen molar-refractivity contribution < 1.29 is 22.7 Å². The van der Waals surface area contributed by atoms with Crippen LogP contribution in [0.25, 0.3) is 0 Å². The Morgan fingerprint density at radius 3 is 2.31 bits per heavy atom. The van der Waals surface area contributed by atoms with Crippen molar-refractivity contribution in [1.29, 1.82) is 0 Å². The number of nitrogens with zero attached hydrogens (tertiary/aromatic N) is 1. The van der Waals surface area contributed by atoms with Gasteiger partial charge in [-0.3, -0.25) is 0 Å². The molecule has 0 aliphatic carbocycles. The SMILES string of the molecule is CCCCOC(=O)C1=C(C)OC(c2ccccc2)/C1=N\S(=O)(=O)c1ccccc1. The fourth-order valence-corrected chi connectivity index (χ4v) is 4.01. The minimum atomic E-state index is -4.03. The van der Waals surface area contributed by atoms with Crippen molar-refractivity contribution in [3.05, 3.63) is 77.6 Å². The van der Waals surface area contributed by atoms with Gasteiger partial charge in [0.2, 0.25) is 0 Å². The first-order chi connectivity index (χ1) is 13.9. The molecule has 1 aliphatic heterocycles. The van der Waals surface area contributed by atoms with Crippen LogP contribution in [-0.2, 0) is 24.3 Å². The fraction of sp³-hybridized carbons (Fsp3) is 0.273. The Kier molecular flexibility index (Phi) is 6.49. The van der Waals surface area contributed by atoms with E-state index in [0.717, 1.165) is 12.8 Å². The number of hydrogen-bond acceptors (Lipinski definition) is 5. The lowest BCUT2D eigenvalue weighted by atomic mass is 10.0. The van der Waals surface area contributed by atoms with E-state index in [4.69, 9.17) is 9.47 Å². The van der Waals surface area contributed by atoms with E-state index in [1.807, 2.05) is 25.1 Å². The first kappa shape index (κ1) is 20.8. The summed E-state index contributed by atoms with van der Waals surface area (Å²) in [4.78, 5) is 12.7. The minimum absolute atomic E-state index is 0.0408. The van der Waals surface area contributed by atoms with E-state index >= 15 is 0 Å². The van der Waals surface area contributed by atoms with E-state index in [9.17, 15) is 13.2 Å². The standard InChI is InChI=1S/C22H23NO5S/c1-3-4-15-27-22(24)19-16(2)28-21(17-11-7-5-8-12-17)20(19)23-29(25,26)18-13-9-6-10-14-18/h5-14,21H,3-4,15H2,1-2H3/b23-20-. The molecule has 29 heavy (non-hydrogen) atoms. The quantitative estimate of drug-likeness (QED) is 0.502. The number of unbranched alkanes of at least 4 members (excludes halogenated alkanes) is 1. The number of esters is 1. The van der Waals surface area contributed by atoms with Gasteiger partial charge in [0.05, 0.1) is 11.5 Å². The lowest BCUT2D eigenvalue weighted by molar-refractivity contribution is -0.138. The maximum absolute atomic E-state index is 12.9. The van der Waals surface area contributed by atoms with Gasteiger partial charge in [-0.05, 0) is 31.0 Å². The lowest BCUT2D eigenvalue weighted by Gasteiger charge is -2.14. The Balaban J connectivity index is 2.05. The van der Waals surface area contributed by atoms with Gasteiger partial charge in [0.1, 0.15) is 17.0 Å². The zero-order valence-corrected chi connectivity index (χ0v) is 17.2. The van der Waals surface area contributed by atoms with Gasteiger partial charge in [0.25, 0.3) is 10.0 Å². The van der Waals surface area contributed by atoms with E-state index < -0.39 is 22.1 Å². The molecular weight excluding hydrogens is 390 g/mol. The van der Waals surface area contributed by atoms with E-state index in [2.05, 4.69) is 4.40 Å². The Morgan fingerprint density at radius 1 is 1.07 bits per heavy atom. The molecule has 2 aromatic carbocycles. The second-order valence-electron chi connectivity index (χ2n) is 6.59. The molecular formula is C22H23NO5S. The molecule has 2 aromatic rings. The third kappa shape index (κ3) is 4.74. The zero-order valence-electron chi connectivity index (χ0n) is 16.4. The van der Waals surface area contributed by atoms with Gasteiger partial charge < -0.3 is 9.47 Å². The number of carbonyl (C=O) groups excluding carboxylic acids is 1. The Hall–Kier alpha value is -2.93. The Morgan fingerprint density at radius 2 is 1.69 bits per heavy atom. The van der Waals surface area contributed by atoms with Crippen LogP contribution in [0.15, 0.2) is 81.3 Å². The number of hydrogen-bond donors (Lipinski definition) is 0.